The second-order valence-electron chi connectivity index (χ2n) is 4.61. The molecule has 0 unspecified atom stereocenters. The molecule has 0 fully saturated rings. The first-order chi connectivity index (χ1) is 9.52. The van der Waals surface area contributed by atoms with Crippen molar-refractivity contribution in [2.45, 2.75) is 37.8 Å². The van der Waals surface area contributed by atoms with Crippen molar-refractivity contribution < 1.29 is 4.74 Å². The normalized spacial score (nSPS) is 10.8. The van der Waals surface area contributed by atoms with E-state index in [-0.39, 0.29) is 17.4 Å². The van der Waals surface area contributed by atoms with Crippen molar-refractivity contribution in [3.8, 4) is 6.01 Å². The zero-order chi connectivity index (χ0) is 14.5. The summed E-state index contributed by atoms with van der Waals surface area (Å²) in [5.74, 6) is 0.781. The van der Waals surface area contributed by atoms with Crippen molar-refractivity contribution in [3.63, 3.8) is 0 Å². The molecule has 0 amide bonds. The van der Waals surface area contributed by atoms with Gasteiger partial charge in [0.15, 0.2) is 5.16 Å². The van der Waals surface area contributed by atoms with Crippen molar-refractivity contribution in [3.05, 3.63) is 40.7 Å². The Hall–Kier alpha value is -1.33. The van der Waals surface area contributed by atoms with Gasteiger partial charge in [-0.3, -0.25) is 0 Å². The summed E-state index contributed by atoms with van der Waals surface area (Å²) in [5, 5.41) is 0.726. The quantitative estimate of drug-likeness (QED) is 0.784. The fourth-order valence-corrected chi connectivity index (χ4v) is 2.56. The molecule has 2 rings (SSSR count). The molecule has 6 heteroatoms. The van der Waals surface area contributed by atoms with Gasteiger partial charge >= 0.3 is 6.01 Å². The molecular formula is C14H16ClN3OS. The molecular weight excluding hydrogens is 294 g/mol. The molecule has 0 atom stereocenters. The lowest BCUT2D eigenvalue weighted by atomic mass is 10.2. The molecule has 0 bridgehead atoms. The summed E-state index contributed by atoms with van der Waals surface area (Å²) in [7, 11) is 0. The number of ether oxygens (including phenoxy) is 1. The van der Waals surface area contributed by atoms with Gasteiger partial charge in [0.1, 0.15) is 0 Å². The van der Waals surface area contributed by atoms with E-state index in [2.05, 4.69) is 40.1 Å². The highest BCUT2D eigenvalue weighted by Gasteiger charge is 2.08. The van der Waals surface area contributed by atoms with E-state index in [4.69, 9.17) is 16.3 Å². The molecule has 1 heterocycles. The third kappa shape index (κ3) is 4.65. The number of benzene rings is 1. The predicted molar refractivity (Wildman–Crippen MR) is 81.3 cm³/mol. The molecule has 0 N–H and O–H groups in total. The monoisotopic (exact) mass is 309 g/mol. The van der Waals surface area contributed by atoms with Crippen LogP contribution in [0.4, 0.5) is 0 Å². The smallest absolute Gasteiger partial charge is 0.321 e. The van der Waals surface area contributed by atoms with Crippen molar-refractivity contribution in [1.82, 2.24) is 15.0 Å². The minimum Gasteiger partial charge on any atom is -0.461 e. The van der Waals surface area contributed by atoms with E-state index >= 15 is 0 Å². The van der Waals surface area contributed by atoms with Gasteiger partial charge in [-0.2, -0.15) is 15.0 Å². The number of hydrogen-bond acceptors (Lipinski definition) is 5. The van der Waals surface area contributed by atoms with Crippen LogP contribution in [0.1, 0.15) is 25.0 Å². The predicted octanol–water partition coefficient (Wildman–Crippen LogP) is 3.91. The lowest BCUT2D eigenvalue weighted by Gasteiger charge is -2.08. The van der Waals surface area contributed by atoms with Gasteiger partial charge in [-0.25, -0.2) is 0 Å². The molecule has 20 heavy (non-hydrogen) atoms. The maximum atomic E-state index is 5.88. The summed E-state index contributed by atoms with van der Waals surface area (Å²) in [5.41, 5.74) is 2.46. The lowest BCUT2D eigenvalue weighted by molar-refractivity contribution is 0.219. The Morgan fingerprint density at radius 1 is 1.25 bits per heavy atom. The molecule has 0 spiro atoms. The highest BCUT2D eigenvalue weighted by atomic mass is 35.5. The molecule has 0 radical (unpaired) electrons. The van der Waals surface area contributed by atoms with Crippen molar-refractivity contribution >= 4 is 23.4 Å². The van der Waals surface area contributed by atoms with Crippen LogP contribution in [0.2, 0.25) is 5.28 Å². The first-order valence-corrected chi connectivity index (χ1v) is 7.66. The van der Waals surface area contributed by atoms with E-state index in [1.807, 2.05) is 19.9 Å². The topological polar surface area (TPSA) is 47.9 Å². The highest BCUT2D eigenvalue weighted by Crippen LogP contribution is 2.22. The molecule has 4 nitrogen and oxygen atoms in total. The van der Waals surface area contributed by atoms with Gasteiger partial charge in [0.2, 0.25) is 5.28 Å². The Bertz CT molecular complexity index is 592. The van der Waals surface area contributed by atoms with Crippen LogP contribution in [0.25, 0.3) is 0 Å². The molecule has 0 saturated carbocycles. The largest absolute Gasteiger partial charge is 0.461 e. The van der Waals surface area contributed by atoms with Crippen molar-refractivity contribution in [2.24, 2.45) is 0 Å². The molecule has 1 aromatic heterocycles. The summed E-state index contributed by atoms with van der Waals surface area (Å²) in [4.78, 5) is 12.3. The van der Waals surface area contributed by atoms with Crippen molar-refractivity contribution in [2.75, 3.05) is 0 Å². The van der Waals surface area contributed by atoms with Gasteiger partial charge in [-0.15, -0.1) is 0 Å². The van der Waals surface area contributed by atoms with E-state index in [1.165, 1.54) is 22.9 Å². The third-order valence-electron chi connectivity index (χ3n) is 2.36. The van der Waals surface area contributed by atoms with Crippen LogP contribution in [-0.2, 0) is 5.75 Å². The Morgan fingerprint density at radius 3 is 2.75 bits per heavy atom. The Kier molecular flexibility index (Phi) is 5.20. The summed E-state index contributed by atoms with van der Waals surface area (Å²) < 4.78 is 5.45. The summed E-state index contributed by atoms with van der Waals surface area (Å²) in [6.07, 6.45) is 0.00286. The summed E-state index contributed by atoms with van der Waals surface area (Å²) in [6.45, 7) is 5.90. The SMILES string of the molecule is Cc1cccc(CSc2nc(Cl)nc(OC(C)C)n2)c1. The first kappa shape index (κ1) is 15.1. The van der Waals surface area contributed by atoms with Gasteiger partial charge < -0.3 is 4.74 Å². The minimum atomic E-state index is 0.00286. The van der Waals surface area contributed by atoms with E-state index in [9.17, 15) is 0 Å². The van der Waals surface area contributed by atoms with Crippen LogP contribution in [0.5, 0.6) is 6.01 Å². The number of hydrogen-bond donors (Lipinski definition) is 0. The Morgan fingerprint density at radius 2 is 2.05 bits per heavy atom. The van der Waals surface area contributed by atoms with Gasteiger partial charge in [0, 0.05) is 5.75 Å². The minimum absolute atomic E-state index is 0.00286. The average molecular weight is 310 g/mol. The summed E-state index contributed by atoms with van der Waals surface area (Å²) >= 11 is 7.40. The van der Waals surface area contributed by atoms with Gasteiger partial charge in [0.05, 0.1) is 6.10 Å². The average Bonchev–Trinajstić information content (AvgIpc) is 2.35. The van der Waals surface area contributed by atoms with Crippen LogP contribution in [-0.4, -0.2) is 21.1 Å². The standard InChI is InChI=1S/C14H16ClN3OS/c1-9(2)19-13-16-12(15)17-14(18-13)20-8-11-6-4-5-10(3)7-11/h4-7,9H,8H2,1-3H3. The van der Waals surface area contributed by atoms with Gasteiger partial charge in [-0.05, 0) is 37.9 Å². The molecule has 1 aromatic carbocycles. The van der Waals surface area contributed by atoms with E-state index in [0.29, 0.717) is 5.16 Å². The van der Waals surface area contributed by atoms with Crippen molar-refractivity contribution in [1.29, 1.82) is 0 Å². The molecule has 0 aliphatic heterocycles. The van der Waals surface area contributed by atoms with Gasteiger partial charge in [-0.1, -0.05) is 41.6 Å². The van der Waals surface area contributed by atoms with Crippen LogP contribution in [0, 0.1) is 6.92 Å². The maximum Gasteiger partial charge on any atom is 0.321 e. The number of thioether (sulfide) groups is 1. The van der Waals surface area contributed by atoms with E-state index in [1.54, 1.807) is 0 Å². The molecule has 0 aliphatic carbocycles. The molecule has 0 aliphatic rings. The van der Waals surface area contributed by atoms with Crippen LogP contribution in [0.3, 0.4) is 0 Å². The zero-order valence-corrected chi connectivity index (χ0v) is 13.2. The molecule has 106 valence electrons. The zero-order valence-electron chi connectivity index (χ0n) is 11.6. The molecule has 0 saturated heterocycles. The van der Waals surface area contributed by atoms with Crippen LogP contribution >= 0.6 is 23.4 Å². The number of halogens is 1. The van der Waals surface area contributed by atoms with Gasteiger partial charge in [0.25, 0.3) is 0 Å². The fraction of sp³-hybridized carbons (Fsp3) is 0.357. The number of aryl methyl sites for hydroxylation is 1. The van der Waals surface area contributed by atoms with Crippen LogP contribution in [0.15, 0.2) is 29.4 Å². The maximum absolute atomic E-state index is 5.88. The van der Waals surface area contributed by atoms with Crippen LogP contribution < -0.4 is 4.74 Å². The third-order valence-corrected chi connectivity index (χ3v) is 3.45. The first-order valence-electron chi connectivity index (χ1n) is 6.29. The number of nitrogens with zero attached hydrogens (tertiary/aromatic N) is 3. The Labute approximate surface area is 128 Å². The molecule has 2 aromatic rings. The highest BCUT2D eigenvalue weighted by molar-refractivity contribution is 7.98. The number of aromatic nitrogens is 3. The summed E-state index contributed by atoms with van der Waals surface area (Å²) in [6, 6.07) is 8.60. The Balaban J connectivity index is 2.07. The second kappa shape index (κ2) is 6.90. The lowest BCUT2D eigenvalue weighted by Crippen LogP contribution is -2.09. The fourth-order valence-electron chi connectivity index (χ4n) is 1.59. The number of rotatable bonds is 5. The van der Waals surface area contributed by atoms with E-state index in [0.717, 1.165) is 5.75 Å². The second-order valence-corrected chi connectivity index (χ2v) is 5.89. The van der Waals surface area contributed by atoms with E-state index < -0.39 is 0 Å².